The van der Waals surface area contributed by atoms with Gasteiger partial charge < -0.3 is 16.0 Å². The molecule has 2 aliphatic rings. The number of likely N-dealkylation sites (tertiary alicyclic amines) is 1. The fourth-order valence-corrected chi connectivity index (χ4v) is 3.92. The van der Waals surface area contributed by atoms with Gasteiger partial charge in [0.1, 0.15) is 0 Å². The van der Waals surface area contributed by atoms with Crippen LogP contribution in [0.4, 0.5) is 11.4 Å². The molecule has 0 bridgehead atoms. The van der Waals surface area contributed by atoms with Crippen molar-refractivity contribution in [2.75, 3.05) is 42.9 Å². The molecule has 2 aliphatic heterocycles. The molecule has 3 N–H and O–H groups in total. The lowest BCUT2D eigenvalue weighted by molar-refractivity contribution is -0.125. The van der Waals surface area contributed by atoms with E-state index < -0.39 is 0 Å². The summed E-state index contributed by atoms with van der Waals surface area (Å²) in [6.07, 6.45) is 6.87. The highest BCUT2D eigenvalue weighted by molar-refractivity contribution is 5.92. The Morgan fingerprint density at radius 1 is 1.00 bits per heavy atom. The van der Waals surface area contributed by atoms with Crippen molar-refractivity contribution in [2.24, 2.45) is 11.7 Å². The smallest absolute Gasteiger partial charge is 0.238 e. The van der Waals surface area contributed by atoms with Crippen LogP contribution in [0, 0.1) is 5.92 Å². The third-order valence-electron chi connectivity index (χ3n) is 5.40. The van der Waals surface area contributed by atoms with Crippen molar-refractivity contribution in [2.45, 2.75) is 38.5 Å². The van der Waals surface area contributed by atoms with Crippen LogP contribution in [0.3, 0.4) is 0 Å². The number of benzene rings is 1. The number of rotatable bonds is 5. The Labute approximate surface area is 155 Å². The molecule has 0 unspecified atom stereocenters. The highest BCUT2D eigenvalue weighted by Crippen LogP contribution is 2.22. The van der Waals surface area contributed by atoms with Crippen molar-refractivity contribution in [1.29, 1.82) is 0 Å². The van der Waals surface area contributed by atoms with E-state index in [1.165, 1.54) is 31.4 Å². The maximum atomic E-state index is 12.3. The van der Waals surface area contributed by atoms with E-state index in [2.05, 4.69) is 22.3 Å². The molecular weight excluding hydrogens is 328 g/mol. The summed E-state index contributed by atoms with van der Waals surface area (Å²) in [6.45, 7) is 3.95. The van der Waals surface area contributed by atoms with Crippen molar-refractivity contribution in [3.63, 3.8) is 0 Å². The van der Waals surface area contributed by atoms with Gasteiger partial charge in [0.05, 0.1) is 12.5 Å². The molecule has 26 heavy (non-hydrogen) atoms. The van der Waals surface area contributed by atoms with Crippen LogP contribution in [-0.2, 0) is 9.59 Å². The van der Waals surface area contributed by atoms with Crippen LogP contribution in [0.25, 0.3) is 0 Å². The summed E-state index contributed by atoms with van der Waals surface area (Å²) in [4.78, 5) is 28.1. The first-order chi connectivity index (χ1) is 12.6. The van der Waals surface area contributed by atoms with Gasteiger partial charge >= 0.3 is 0 Å². The van der Waals surface area contributed by atoms with Gasteiger partial charge in [0.25, 0.3) is 0 Å². The topological polar surface area (TPSA) is 78.7 Å². The summed E-state index contributed by atoms with van der Waals surface area (Å²) in [5.41, 5.74) is 7.44. The molecule has 0 aromatic heterocycles. The zero-order chi connectivity index (χ0) is 18.4. The predicted molar refractivity (Wildman–Crippen MR) is 104 cm³/mol. The second-order valence-corrected chi connectivity index (χ2v) is 7.47. The van der Waals surface area contributed by atoms with E-state index in [1.54, 1.807) is 0 Å². The molecule has 2 fully saturated rings. The largest absolute Gasteiger partial charge is 0.372 e. The molecule has 3 rings (SSSR count). The van der Waals surface area contributed by atoms with Crippen molar-refractivity contribution in [3.8, 4) is 0 Å². The molecule has 0 aliphatic carbocycles. The standard InChI is InChI=1S/C20H30N4O2/c21-20(26)16-6-5-11-23(14-16)15-19(25)22-17-7-9-18(10-8-17)24-12-3-1-2-4-13-24/h7-10,16H,1-6,11-15H2,(H2,21,26)(H,22,25)/t16-/m0/s1. The van der Waals surface area contributed by atoms with E-state index in [0.29, 0.717) is 13.1 Å². The van der Waals surface area contributed by atoms with Gasteiger partial charge in [-0.15, -0.1) is 0 Å². The van der Waals surface area contributed by atoms with E-state index >= 15 is 0 Å². The Morgan fingerprint density at radius 2 is 1.69 bits per heavy atom. The highest BCUT2D eigenvalue weighted by Gasteiger charge is 2.25. The molecule has 0 spiro atoms. The molecular formula is C20H30N4O2. The summed E-state index contributed by atoms with van der Waals surface area (Å²) >= 11 is 0. The minimum Gasteiger partial charge on any atom is -0.372 e. The number of carbonyl (C=O) groups is 2. The summed E-state index contributed by atoms with van der Waals surface area (Å²) in [5, 5.41) is 2.96. The number of anilines is 2. The maximum Gasteiger partial charge on any atom is 0.238 e. The lowest BCUT2D eigenvalue weighted by atomic mass is 9.97. The second-order valence-electron chi connectivity index (χ2n) is 7.47. The fraction of sp³-hybridized carbons (Fsp3) is 0.600. The number of primary amides is 1. The van der Waals surface area contributed by atoms with Crippen molar-refractivity contribution < 1.29 is 9.59 Å². The summed E-state index contributed by atoms with van der Waals surface area (Å²) < 4.78 is 0. The highest BCUT2D eigenvalue weighted by atomic mass is 16.2. The molecule has 2 heterocycles. The molecule has 1 aromatic rings. The van der Waals surface area contributed by atoms with Gasteiger partial charge in [-0.05, 0) is 56.5 Å². The average Bonchev–Trinajstić information content (AvgIpc) is 2.92. The van der Waals surface area contributed by atoms with Gasteiger partial charge in [0.15, 0.2) is 0 Å². The summed E-state index contributed by atoms with van der Waals surface area (Å²) in [7, 11) is 0. The Hall–Kier alpha value is -2.08. The first-order valence-electron chi connectivity index (χ1n) is 9.78. The van der Waals surface area contributed by atoms with Crippen LogP contribution in [0.2, 0.25) is 0 Å². The number of nitrogens with two attached hydrogens (primary N) is 1. The third-order valence-corrected chi connectivity index (χ3v) is 5.40. The Morgan fingerprint density at radius 3 is 2.35 bits per heavy atom. The monoisotopic (exact) mass is 358 g/mol. The van der Waals surface area contributed by atoms with E-state index in [4.69, 9.17) is 5.73 Å². The number of nitrogens with one attached hydrogen (secondary N) is 1. The number of hydrogen-bond donors (Lipinski definition) is 2. The minimum atomic E-state index is -0.265. The summed E-state index contributed by atoms with van der Waals surface area (Å²) in [5.74, 6) is -0.443. The second kappa shape index (κ2) is 9.03. The van der Waals surface area contributed by atoms with Crippen LogP contribution in [0.15, 0.2) is 24.3 Å². The average molecular weight is 358 g/mol. The van der Waals surface area contributed by atoms with Crippen LogP contribution in [0.1, 0.15) is 38.5 Å². The third kappa shape index (κ3) is 5.21. The molecule has 1 atom stereocenters. The number of nitrogens with zero attached hydrogens (tertiary/aromatic N) is 2. The number of amides is 2. The Bertz CT molecular complexity index is 609. The zero-order valence-corrected chi connectivity index (χ0v) is 15.5. The molecule has 2 saturated heterocycles. The van der Waals surface area contributed by atoms with Crippen molar-refractivity contribution in [3.05, 3.63) is 24.3 Å². The maximum absolute atomic E-state index is 12.3. The molecule has 1 aromatic carbocycles. The Balaban J connectivity index is 1.50. The number of carbonyl (C=O) groups excluding carboxylic acids is 2. The van der Waals surface area contributed by atoms with Gasteiger partial charge in [-0.3, -0.25) is 14.5 Å². The lowest BCUT2D eigenvalue weighted by Crippen LogP contribution is -2.44. The van der Waals surface area contributed by atoms with E-state index in [0.717, 1.165) is 38.2 Å². The van der Waals surface area contributed by atoms with E-state index in [1.807, 2.05) is 17.0 Å². The lowest BCUT2D eigenvalue weighted by Gasteiger charge is -2.30. The first-order valence-corrected chi connectivity index (χ1v) is 9.78. The Kier molecular flexibility index (Phi) is 6.50. The molecule has 0 radical (unpaired) electrons. The van der Waals surface area contributed by atoms with Gasteiger partial charge in [0.2, 0.25) is 11.8 Å². The zero-order valence-electron chi connectivity index (χ0n) is 15.5. The van der Waals surface area contributed by atoms with Crippen LogP contribution >= 0.6 is 0 Å². The van der Waals surface area contributed by atoms with Crippen LogP contribution in [-0.4, -0.2) is 49.4 Å². The van der Waals surface area contributed by atoms with Crippen LogP contribution in [0.5, 0.6) is 0 Å². The molecule has 0 saturated carbocycles. The van der Waals surface area contributed by atoms with Gasteiger partial charge in [0, 0.05) is 31.0 Å². The predicted octanol–water partition coefficient (Wildman–Crippen LogP) is 2.20. The molecule has 6 heteroatoms. The molecule has 6 nitrogen and oxygen atoms in total. The van der Waals surface area contributed by atoms with Crippen LogP contribution < -0.4 is 16.0 Å². The quantitative estimate of drug-likeness (QED) is 0.846. The van der Waals surface area contributed by atoms with Gasteiger partial charge in [-0.1, -0.05) is 12.8 Å². The van der Waals surface area contributed by atoms with E-state index in [9.17, 15) is 9.59 Å². The fourth-order valence-electron chi connectivity index (χ4n) is 3.92. The van der Waals surface area contributed by atoms with Gasteiger partial charge in [-0.2, -0.15) is 0 Å². The number of hydrogen-bond acceptors (Lipinski definition) is 4. The van der Waals surface area contributed by atoms with Crippen molar-refractivity contribution >= 4 is 23.2 Å². The van der Waals surface area contributed by atoms with Gasteiger partial charge in [-0.25, -0.2) is 0 Å². The van der Waals surface area contributed by atoms with E-state index in [-0.39, 0.29) is 17.7 Å². The molecule has 2 amide bonds. The number of piperidine rings is 1. The SMILES string of the molecule is NC(=O)[C@H]1CCCN(CC(=O)Nc2ccc(N3CCCCCC3)cc2)C1. The first kappa shape index (κ1) is 18.7. The normalized spacial score (nSPS) is 21.8. The summed E-state index contributed by atoms with van der Waals surface area (Å²) in [6, 6.07) is 8.12. The minimum absolute atomic E-state index is 0.0438. The van der Waals surface area contributed by atoms with Crippen molar-refractivity contribution in [1.82, 2.24) is 4.90 Å². The molecule has 142 valence electrons.